The van der Waals surface area contributed by atoms with E-state index in [1.807, 2.05) is 67.5 Å². The van der Waals surface area contributed by atoms with Crippen LogP contribution in [0.3, 0.4) is 0 Å². The number of aryl methyl sites for hydroxylation is 1. The molecule has 2 aromatic carbocycles. The minimum Gasteiger partial charge on any atom is -0.493 e. The Morgan fingerprint density at radius 2 is 1.96 bits per heavy atom. The molecule has 1 saturated carbocycles. The highest BCUT2D eigenvalue weighted by Gasteiger charge is 2.35. The first-order valence-electron chi connectivity index (χ1n) is 9.24. The van der Waals surface area contributed by atoms with E-state index in [1.54, 1.807) is 0 Å². The number of hydrogen-bond donors (Lipinski definition) is 0. The van der Waals surface area contributed by atoms with Gasteiger partial charge in [0.1, 0.15) is 5.75 Å². The van der Waals surface area contributed by atoms with Crippen molar-refractivity contribution in [3.63, 3.8) is 0 Å². The van der Waals surface area contributed by atoms with Crippen molar-refractivity contribution in [3.05, 3.63) is 66.0 Å². The molecule has 1 amide bonds. The Bertz CT molecular complexity index is 940. The van der Waals surface area contributed by atoms with Crippen molar-refractivity contribution in [2.75, 3.05) is 6.61 Å². The summed E-state index contributed by atoms with van der Waals surface area (Å²) in [5, 5.41) is 2.02. The van der Waals surface area contributed by atoms with E-state index in [-0.39, 0.29) is 5.91 Å². The van der Waals surface area contributed by atoms with Gasteiger partial charge in [-0.2, -0.15) is 0 Å². The minimum atomic E-state index is 0.0638. The van der Waals surface area contributed by atoms with E-state index < -0.39 is 0 Å². The maximum atomic E-state index is 13.6. The number of carbonyl (C=O) groups excluding carboxylic acids is 1. The Hall–Kier alpha value is -2.75. The molecule has 1 aliphatic carbocycles. The summed E-state index contributed by atoms with van der Waals surface area (Å²) in [5.41, 5.74) is 1.83. The third-order valence-corrected chi connectivity index (χ3v) is 5.04. The number of amides is 1. The molecule has 4 heteroatoms. The molecular formula is C22H24N2O2. The van der Waals surface area contributed by atoms with Crippen LogP contribution in [-0.2, 0) is 13.6 Å². The van der Waals surface area contributed by atoms with E-state index in [9.17, 15) is 4.79 Å². The number of benzene rings is 2. The first-order chi connectivity index (χ1) is 12.7. The lowest BCUT2D eigenvalue weighted by Crippen LogP contribution is -2.33. The van der Waals surface area contributed by atoms with Crippen LogP contribution in [0.4, 0.5) is 0 Å². The zero-order chi connectivity index (χ0) is 18.1. The van der Waals surface area contributed by atoms with Gasteiger partial charge in [-0.05, 0) is 48.7 Å². The van der Waals surface area contributed by atoms with Crippen LogP contribution in [0.5, 0.6) is 5.75 Å². The van der Waals surface area contributed by atoms with Crippen molar-refractivity contribution in [2.45, 2.75) is 32.4 Å². The lowest BCUT2D eigenvalue weighted by molar-refractivity contribution is 0.0724. The van der Waals surface area contributed by atoms with Crippen molar-refractivity contribution in [1.29, 1.82) is 0 Å². The summed E-state index contributed by atoms with van der Waals surface area (Å²) in [6.07, 6.45) is 4.17. The molecule has 4 nitrogen and oxygen atoms in total. The number of aromatic nitrogens is 1. The van der Waals surface area contributed by atoms with Gasteiger partial charge in [-0.25, -0.2) is 0 Å². The Labute approximate surface area is 154 Å². The molecule has 4 rings (SSSR count). The SMILES string of the molecule is CCOc1ccc2ccccc2c1C(=O)N(Cc1cccn1C)C1CC1. The quantitative estimate of drug-likeness (QED) is 0.662. The number of hydrogen-bond acceptors (Lipinski definition) is 2. The molecule has 0 unspecified atom stereocenters. The fraction of sp³-hybridized carbons (Fsp3) is 0.318. The Morgan fingerprint density at radius 3 is 2.65 bits per heavy atom. The zero-order valence-corrected chi connectivity index (χ0v) is 15.3. The van der Waals surface area contributed by atoms with Crippen LogP contribution in [0.15, 0.2) is 54.7 Å². The minimum absolute atomic E-state index is 0.0638. The average Bonchev–Trinajstić information content (AvgIpc) is 3.41. The molecule has 134 valence electrons. The van der Waals surface area contributed by atoms with Gasteiger partial charge in [0.2, 0.25) is 0 Å². The average molecular weight is 348 g/mol. The highest BCUT2D eigenvalue weighted by molar-refractivity contribution is 6.09. The smallest absolute Gasteiger partial charge is 0.258 e. The third kappa shape index (κ3) is 3.07. The lowest BCUT2D eigenvalue weighted by atomic mass is 10.0. The Balaban J connectivity index is 1.78. The molecule has 1 aromatic heterocycles. The predicted molar refractivity (Wildman–Crippen MR) is 103 cm³/mol. The van der Waals surface area contributed by atoms with E-state index in [0.29, 0.717) is 30.5 Å². The molecule has 26 heavy (non-hydrogen) atoms. The highest BCUT2D eigenvalue weighted by Crippen LogP contribution is 2.35. The molecule has 0 atom stereocenters. The maximum absolute atomic E-state index is 13.6. The van der Waals surface area contributed by atoms with E-state index in [4.69, 9.17) is 4.74 Å². The van der Waals surface area contributed by atoms with E-state index in [1.165, 1.54) is 0 Å². The summed E-state index contributed by atoms with van der Waals surface area (Å²) in [6.45, 7) is 3.12. The van der Waals surface area contributed by atoms with Gasteiger partial charge >= 0.3 is 0 Å². The van der Waals surface area contributed by atoms with Crippen molar-refractivity contribution < 1.29 is 9.53 Å². The predicted octanol–water partition coefficient (Wildman–Crippen LogP) is 4.38. The standard InChI is InChI=1S/C22H24N2O2/c1-3-26-20-13-10-16-7-4-5-9-19(16)21(20)22(25)24(17-11-12-17)15-18-8-6-14-23(18)2/h4-10,13-14,17H,3,11-12,15H2,1-2H3. The number of fused-ring (bicyclic) bond motifs is 1. The summed E-state index contributed by atoms with van der Waals surface area (Å²) < 4.78 is 7.90. The van der Waals surface area contributed by atoms with Gasteiger partial charge in [-0.15, -0.1) is 0 Å². The fourth-order valence-electron chi connectivity index (χ4n) is 3.48. The number of ether oxygens (including phenoxy) is 1. The van der Waals surface area contributed by atoms with Crippen LogP contribution in [0, 0.1) is 0 Å². The van der Waals surface area contributed by atoms with E-state index in [2.05, 4.69) is 10.6 Å². The molecule has 0 N–H and O–H groups in total. The monoisotopic (exact) mass is 348 g/mol. The van der Waals surface area contributed by atoms with Crippen LogP contribution in [0.2, 0.25) is 0 Å². The lowest BCUT2D eigenvalue weighted by Gasteiger charge is -2.25. The Morgan fingerprint density at radius 1 is 1.15 bits per heavy atom. The third-order valence-electron chi connectivity index (χ3n) is 5.04. The number of carbonyl (C=O) groups is 1. The van der Waals surface area contributed by atoms with Gasteiger partial charge in [0.15, 0.2) is 0 Å². The molecule has 1 heterocycles. The summed E-state index contributed by atoms with van der Waals surface area (Å²) >= 11 is 0. The zero-order valence-electron chi connectivity index (χ0n) is 15.3. The van der Waals surface area contributed by atoms with Crippen LogP contribution in [-0.4, -0.2) is 28.0 Å². The van der Waals surface area contributed by atoms with Crippen LogP contribution in [0.1, 0.15) is 35.8 Å². The number of rotatable bonds is 6. The second-order valence-electron chi connectivity index (χ2n) is 6.87. The molecule has 0 radical (unpaired) electrons. The van der Waals surface area contributed by atoms with Gasteiger partial charge in [-0.3, -0.25) is 4.79 Å². The summed E-state index contributed by atoms with van der Waals surface area (Å²) in [6, 6.07) is 16.4. The molecule has 1 fully saturated rings. The van der Waals surface area contributed by atoms with E-state index >= 15 is 0 Å². The molecule has 1 aliphatic rings. The van der Waals surface area contributed by atoms with Crippen molar-refractivity contribution in [2.24, 2.45) is 7.05 Å². The number of nitrogens with zero attached hydrogens (tertiary/aromatic N) is 2. The second kappa shape index (κ2) is 6.87. The van der Waals surface area contributed by atoms with Crippen molar-refractivity contribution in [1.82, 2.24) is 9.47 Å². The highest BCUT2D eigenvalue weighted by atomic mass is 16.5. The molecule has 3 aromatic rings. The van der Waals surface area contributed by atoms with Crippen LogP contribution >= 0.6 is 0 Å². The first-order valence-corrected chi connectivity index (χ1v) is 9.24. The maximum Gasteiger partial charge on any atom is 0.258 e. The normalized spacial score (nSPS) is 13.8. The fourth-order valence-corrected chi connectivity index (χ4v) is 3.48. The summed E-state index contributed by atoms with van der Waals surface area (Å²) in [4.78, 5) is 15.6. The largest absolute Gasteiger partial charge is 0.493 e. The van der Waals surface area contributed by atoms with Gasteiger partial charge in [0.25, 0.3) is 5.91 Å². The molecule has 0 spiro atoms. The molecular weight excluding hydrogens is 324 g/mol. The summed E-state index contributed by atoms with van der Waals surface area (Å²) in [7, 11) is 2.02. The van der Waals surface area contributed by atoms with Gasteiger partial charge in [0, 0.05) is 25.0 Å². The van der Waals surface area contributed by atoms with Crippen molar-refractivity contribution in [3.8, 4) is 5.75 Å². The van der Waals surface area contributed by atoms with Crippen molar-refractivity contribution >= 4 is 16.7 Å². The van der Waals surface area contributed by atoms with Gasteiger partial charge in [0.05, 0.1) is 18.7 Å². The second-order valence-corrected chi connectivity index (χ2v) is 6.87. The topological polar surface area (TPSA) is 34.5 Å². The van der Waals surface area contributed by atoms with Gasteiger partial charge < -0.3 is 14.2 Å². The van der Waals surface area contributed by atoms with E-state index in [0.717, 1.165) is 29.3 Å². The Kier molecular flexibility index (Phi) is 4.41. The van der Waals surface area contributed by atoms with Crippen LogP contribution < -0.4 is 4.74 Å². The summed E-state index contributed by atoms with van der Waals surface area (Å²) in [5.74, 6) is 0.739. The molecule has 0 aliphatic heterocycles. The molecule has 0 bridgehead atoms. The first kappa shape index (κ1) is 16.7. The van der Waals surface area contributed by atoms with Gasteiger partial charge in [-0.1, -0.05) is 30.3 Å². The molecule has 0 saturated heterocycles. The van der Waals surface area contributed by atoms with Crippen LogP contribution in [0.25, 0.3) is 10.8 Å².